The van der Waals surface area contributed by atoms with Crippen molar-refractivity contribution in [3.05, 3.63) is 65.9 Å². The summed E-state index contributed by atoms with van der Waals surface area (Å²) in [5, 5.41) is 0.750. The van der Waals surface area contributed by atoms with Gasteiger partial charge in [0, 0.05) is 36.3 Å². The Morgan fingerprint density at radius 1 is 1.19 bits per heavy atom. The Morgan fingerprint density at radius 3 is 2.73 bits per heavy atom. The van der Waals surface area contributed by atoms with Crippen molar-refractivity contribution in [2.24, 2.45) is 7.05 Å². The van der Waals surface area contributed by atoms with E-state index in [0.717, 1.165) is 28.6 Å². The first-order valence-electron chi connectivity index (χ1n) is 8.05. The summed E-state index contributed by atoms with van der Waals surface area (Å²) < 4.78 is 39.1. The number of hydrogen-bond acceptors (Lipinski definition) is 3. The van der Waals surface area contributed by atoms with Gasteiger partial charge >= 0.3 is 5.97 Å². The van der Waals surface area contributed by atoms with Crippen LogP contribution in [0.25, 0.3) is 17.0 Å². The number of benzene rings is 2. The van der Waals surface area contributed by atoms with E-state index in [4.69, 9.17) is 9.47 Å². The van der Waals surface area contributed by atoms with Gasteiger partial charge in [0.25, 0.3) is 0 Å². The quantitative estimate of drug-likeness (QED) is 0.485. The standard InChI is InChI=1S/C20H17F2NO3/c1-3-25-19(24)10-7-13-12-23(2)17-5-4-6-18(20(13)17)26-14-8-9-15(21)16(22)11-14/h4-12H,3H2,1-2H3. The molecule has 26 heavy (non-hydrogen) atoms. The highest BCUT2D eigenvalue weighted by atomic mass is 19.2. The molecular weight excluding hydrogens is 340 g/mol. The molecule has 0 saturated carbocycles. The van der Waals surface area contributed by atoms with Gasteiger partial charge in [-0.05, 0) is 37.3 Å². The number of rotatable bonds is 5. The van der Waals surface area contributed by atoms with E-state index in [0.29, 0.717) is 12.4 Å². The van der Waals surface area contributed by atoms with Crippen LogP contribution >= 0.6 is 0 Å². The lowest BCUT2D eigenvalue weighted by Gasteiger charge is -2.08. The molecule has 0 aliphatic rings. The monoisotopic (exact) mass is 357 g/mol. The molecule has 2 aromatic carbocycles. The Bertz CT molecular complexity index is 992. The molecule has 6 heteroatoms. The van der Waals surface area contributed by atoms with E-state index in [1.807, 2.05) is 23.9 Å². The van der Waals surface area contributed by atoms with Crippen LogP contribution in [0.4, 0.5) is 8.78 Å². The van der Waals surface area contributed by atoms with E-state index in [9.17, 15) is 13.6 Å². The lowest BCUT2D eigenvalue weighted by molar-refractivity contribution is -0.137. The number of nitrogens with zero attached hydrogens (tertiary/aromatic N) is 1. The highest BCUT2D eigenvalue weighted by Crippen LogP contribution is 2.34. The first-order chi connectivity index (χ1) is 12.5. The fourth-order valence-electron chi connectivity index (χ4n) is 2.67. The molecule has 0 fully saturated rings. The molecule has 0 spiro atoms. The van der Waals surface area contributed by atoms with Gasteiger partial charge in [-0.15, -0.1) is 0 Å². The van der Waals surface area contributed by atoms with E-state index in [2.05, 4.69) is 0 Å². The first kappa shape index (κ1) is 17.7. The van der Waals surface area contributed by atoms with Crippen LogP contribution in [0, 0.1) is 11.6 Å². The van der Waals surface area contributed by atoms with Gasteiger partial charge in [0.1, 0.15) is 11.5 Å². The smallest absolute Gasteiger partial charge is 0.330 e. The van der Waals surface area contributed by atoms with Gasteiger partial charge in [0.05, 0.1) is 12.1 Å². The maximum atomic E-state index is 13.4. The first-order valence-corrected chi connectivity index (χ1v) is 8.05. The molecule has 1 heterocycles. The second-order valence-electron chi connectivity index (χ2n) is 5.61. The van der Waals surface area contributed by atoms with Gasteiger partial charge in [0.15, 0.2) is 11.6 Å². The molecule has 0 amide bonds. The van der Waals surface area contributed by atoms with E-state index in [-0.39, 0.29) is 5.75 Å². The molecule has 3 aromatic rings. The van der Waals surface area contributed by atoms with Crippen molar-refractivity contribution in [2.75, 3.05) is 6.61 Å². The van der Waals surface area contributed by atoms with Gasteiger partial charge in [-0.2, -0.15) is 0 Å². The Balaban J connectivity index is 2.02. The number of carbonyl (C=O) groups is 1. The molecule has 0 saturated heterocycles. The summed E-state index contributed by atoms with van der Waals surface area (Å²) >= 11 is 0. The van der Waals surface area contributed by atoms with Crippen LogP contribution in [0.5, 0.6) is 11.5 Å². The summed E-state index contributed by atoms with van der Waals surface area (Å²) in [7, 11) is 1.87. The molecule has 0 aliphatic heterocycles. The number of ether oxygens (including phenoxy) is 2. The lowest BCUT2D eigenvalue weighted by atomic mass is 10.1. The number of halogens is 2. The van der Waals surface area contributed by atoms with Crippen LogP contribution in [0.1, 0.15) is 12.5 Å². The second-order valence-corrected chi connectivity index (χ2v) is 5.61. The van der Waals surface area contributed by atoms with E-state index in [1.54, 1.807) is 25.1 Å². The van der Waals surface area contributed by atoms with Gasteiger partial charge in [-0.25, -0.2) is 13.6 Å². The Labute approximate surface area is 149 Å². The molecule has 1 aromatic heterocycles. The number of fused-ring (bicyclic) bond motifs is 1. The molecular formula is C20H17F2NO3. The third-order valence-electron chi connectivity index (χ3n) is 3.81. The van der Waals surface area contributed by atoms with Crippen molar-refractivity contribution in [1.29, 1.82) is 0 Å². The fraction of sp³-hybridized carbons (Fsp3) is 0.150. The van der Waals surface area contributed by atoms with E-state index < -0.39 is 17.6 Å². The summed E-state index contributed by atoms with van der Waals surface area (Å²) in [6.45, 7) is 2.03. The number of aromatic nitrogens is 1. The predicted octanol–water partition coefficient (Wildman–Crippen LogP) is 4.83. The summed E-state index contributed by atoms with van der Waals surface area (Å²) in [6.07, 6.45) is 4.82. The van der Waals surface area contributed by atoms with Gasteiger partial charge in [0.2, 0.25) is 0 Å². The minimum absolute atomic E-state index is 0.181. The Kier molecular flexibility index (Phi) is 5.02. The topological polar surface area (TPSA) is 40.5 Å². The minimum atomic E-state index is -0.981. The van der Waals surface area contributed by atoms with Crippen LogP contribution in [0.15, 0.2) is 48.7 Å². The second kappa shape index (κ2) is 7.39. The van der Waals surface area contributed by atoms with Crippen molar-refractivity contribution in [1.82, 2.24) is 4.57 Å². The van der Waals surface area contributed by atoms with Crippen molar-refractivity contribution < 1.29 is 23.0 Å². The van der Waals surface area contributed by atoms with Gasteiger partial charge < -0.3 is 14.0 Å². The zero-order valence-corrected chi connectivity index (χ0v) is 14.3. The van der Waals surface area contributed by atoms with E-state index >= 15 is 0 Å². The van der Waals surface area contributed by atoms with Crippen LogP contribution in [0.2, 0.25) is 0 Å². The minimum Gasteiger partial charge on any atom is -0.463 e. The summed E-state index contributed by atoms with van der Waals surface area (Å²) in [6, 6.07) is 8.79. The summed E-state index contributed by atoms with van der Waals surface area (Å²) in [4.78, 5) is 11.6. The SMILES string of the molecule is CCOC(=O)C=Cc1cn(C)c2cccc(Oc3ccc(F)c(F)c3)c12. The van der Waals surface area contributed by atoms with Crippen LogP contribution < -0.4 is 4.74 Å². The Hall–Kier alpha value is -3.15. The Morgan fingerprint density at radius 2 is 2.00 bits per heavy atom. The zero-order chi connectivity index (χ0) is 18.7. The molecule has 0 aliphatic carbocycles. The van der Waals surface area contributed by atoms with Crippen LogP contribution in [0.3, 0.4) is 0 Å². The molecule has 0 N–H and O–H groups in total. The molecule has 134 valence electrons. The van der Waals surface area contributed by atoms with E-state index in [1.165, 1.54) is 12.1 Å². The molecule has 3 rings (SSSR count). The third-order valence-corrected chi connectivity index (χ3v) is 3.81. The van der Waals surface area contributed by atoms with Crippen molar-refractivity contribution in [3.63, 3.8) is 0 Å². The molecule has 0 radical (unpaired) electrons. The lowest BCUT2D eigenvalue weighted by Crippen LogP contribution is -1.98. The fourth-order valence-corrected chi connectivity index (χ4v) is 2.67. The summed E-state index contributed by atoms with van der Waals surface area (Å²) in [5.74, 6) is -1.71. The van der Waals surface area contributed by atoms with Crippen LogP contribution in [-0.2, 0) is 16.6 Å². The third kappa shape index (κ3) is 3.59. The van der Waals surface area contributed by atoms with Crippen molar-refractivity contribution in [3.8, 4) is 11.5 Å². The van der Waals surface area contributed by atoms with Crippen molar-refractivity contribution in [2.45, 2.75) is 6.92 Å². The zero-order valence-electron chi connectivity index (χ0n) is 14.3. The van der Waals surface area contributed by atoms with Crippen molar-refractivity contribution >= 4 is 22.9 Å². The number of hydrogen-bond donors (Lipinski definition) is 0. The normalized spacial score (nSPS) is 11.2. The summed E-state index contributed by atoms with van der Waals surface area (Å²) in [5.41, 5.74) is 1.61. The molecule has 0 atom stereocenters. The van der Waals surface area contributed by atoms with Gasteiger partial charge in [-0.3, -0.25) is 0 Å². The largest absolute Gasteiger partial charge is 0.463 e. The molecule has 4 nitrogen and oxygen atoms in total. The number of aryl methyl sites for hydroxylation is 1. The number of carbonyl (C=O) groups excluding carboxylic acids is 1. The van der Waals surface area contributed by atoms with Gasteiger partial charge in [-0.1, -0.05) is 6.07 Å². The average molecular weight is 357 g/mol. The molecule has 0 bridgehead atoms. The maximum absolute atomic E-state index is 13.4. The average Bonchev–Trinajstić information content (AvgIpc) is 2.94. The number of esters is 1. The highest BCUT2D eigenvalue weighted by molar-refractivity contribution is 5.97. The highest BCUT2D eigenvalue weighted by Gasteiger charge is 2.12. The van der Waals surface area contributed by atoms with Crippen LogP contribution in [-0.4, -0.2) is 17.1 Å². The molecule has 0 unspecified atom stereocenters. The predicted molar refractivity (Wildman–Crippen MR) is 95.0 cm³/mol. The maximum Gasteiger partial charge on any atom is 0.330 e.